The molecule has 0 radical (unpaired) electrons. The quantitative estimate of drug-likeness (QED) is 0.413. The molecule has 4 aromatic heterocycles. The van der Waals surface area contributed by atoms with Crippen molar-refractivity contribution in [1.82, 2.24) is 25.1 Å². The Bertz CT molecular complexity index is 1360. The zero-order valence-corrected chi connectivity index (χ0v) is 19.8. The monoisotopic (exact) mass is 498 g/mol. The van der Waals surface area contributed by atoms with E-state index in [0.717, 1.165) is 12.3 Å². The molecule has 0 bridgehead atoms. The summed E-state index contributed by atoms with van der Waals surface area (Å²) in [5, 5.41) is 8.20. The van der Waals surface area contributed by atoms with Gasteiger partial charge in [-0.1, -0.05) is 0 Å². The largest absolute Gasteiger partial charge is 0.463 e. The molecule has 0 saturated carbocycles. The Hall–Kier alpha value is -3.89. The number of furan rings is 1. The number of anilines is 1. The standard InChI is InChI=1S/C25H25F3N6O2/c1-15(2)34-23-19(14-30-34)18(12-20(32-23)21-4-3-11-36-21)24(35)31-17-7-9-33(10-8-17)22-6-5-16(13-29-22)25(26,27)28/h3-6,11-15,17H,7-10H2,1-2H3,(H,31,35). The van der Waals surface area contributed by atoms with Gasteiger partial charge in [0.25, 0.3) is 5.91 Å². The normalized spacial score (nSPS) is 15.1. The minimum Gasteiger partial charge on any atom is -0.463 e. The lowest BCUT2D eigenvalue weighted by atomic mass is 10.0. The second-order valence-corrected chi connectivity index (χ2v) is 9.09. The van der Waals surface area contributed by atoms with Gasteiger partial charge in [-0.3, -0.25) is 4.79 Å². The smallest absolute Gasteiger partial charge is 0.417 e. The van der Waals surface area contributed by atoms with Crippen molar-refractivity contribution in [3.8, 4) is 11.5 Å². The van der Waals surface area contributed by atoms with E-state index in [1.807, 2.05) is 18.7 Å². The molecule has 1 saturated heterocycles. The minimum atomic E-state index is -4.41. The lowest BCUT2D eigenvalue weighted by Gasteiger charge is -2.33. The fourth-order valence-corrected chi connectivity index (χ4v) is 4.39. The molecular weight excluding hydrogens is 473 g/mol. The average Bonchev–Trinajstić information content (AvgIpc) is 3.54. The third kappa shape index (κ3) is 4.65. The van der Waals surface area contributed by atoms with Gasteiger partial charge in [-0.15, -0.1) is 0 Å². The van der Waals surface area contributed by atoms with Crippen LogP contribution in [0.25, 0.3) is 22.5 Å². The fraction of sp³-hybridized carbons (Fsp3) is 0.360. The molecule has 0 aliphatic carbocycles. The van der Waals surface area contributed by atoms with Crippen LogP contribution < -0.4 is 10.2 Å². The molecule has 36 heavy (non-hydrogen) atoms. The van der Waals surface area contributed by atoms with Crippen LogP contribution in [0.15, 0.2) is 53.4 Å². The summed E-state index contributed by atoms with van der Waals surface area (Å²) in [5.41, 5.74) is 0.840. The summed E-state index contributed by atoms with van der Waals surface area (Å²) in [7, 11) is 0. The predicted octanol–water partition coefficient (Wildman–Crippen LogP) is 5.08. The fourth-order valence-electron chi connectivity index (χ4n) is 4.39. The van der Waals surface area contributed by atoms with E-state index in [-0.39, 0.29) is 18.0 Å². The van der Waals surface area contributed by atoms with Crippen molar-refractivity contribution in [2.75, 3.05) is 18.0 Å². The van der Waals surface area contributed by atoms with Crippen molar-refractivity contribution in [1.29, 1.82) is 0 Å². The average molecular weight is 499 g/mol. The highest BCUT2D eigenvalue weighted by atomic mass is 19.4. The summed E-state index contributed by atoms with van der Waals surface area (Å²) in [5.74, 6) is 0.817. The number of halogens is 3. The van der Waals surface area contributed by atoms with Crippen LogP contribution >= 0.6 is 0 Å². The number of carbonyl (C=O) groups is 1. The highest BCUT2D eigenvalue weighted by Crippen LogP contribution is 2.30. The number of nitrogens with zero attached hydrogens (tertiary/aromatic N) is 5. The summed E-state index contributed by atoms with van der Waals surface area (Å²) in [6.45, 7) is 5.12. The van der Waals surface area contributed by atoms with E-state index in [2.05, 4.69) is 15.4 Å². The van der Waals surface area contributed by atoms with Crippen LogP contribution in [0.4, 0.5) is 19.0 Å². The molecule has 1 N–H and O–H groups in total. The molecule has 1 amide bonds. The summed E-state index contributed by atoms with van der Waals surface area (Å²) in [4.78, 5) is 24.0. The number of hydrogen-bond donors (Lipinski definition) is 1. The first-order valence-corrected chi connectivity index (χ1v) is 11.7. The molecule has 0 unspecified atom stereocenters. The number of amides is 1. The molecule has 4 aromatic rings. The van der Waals surface area contributed by atoms with Gasteiger partial charge >= 0.3 is 6.18 Å². The zero-order chi connectivity index (χ0) is 25.4. The first kappa shape index (κ1) is 23.8. The van der Waals surface area contributed by atoms with Crippen molar-refractivity contribution < 1.29 is 22.4 Å². The Labute approximate surface area is 205 Å². The molecule has 188 valence electrons. The van der Waals surface area contributed by atoms with Gasteiger partial charge < -0.3 is 14.6 Å². The molecule has 5 rings (SSSR count). The molecule has 5 heterocycles. The van der Waals surface area contributed by atoms with Gasteiger partial charge in [0.05, 0.1) is 29.0 Å². The van der Waals surface area contributed by atoms with Gasteiger partial charge in [-0.25, -0.2) is 14.6 Å². The molecule has 1 aliphatic heterocycles. The summed E-state index contributed by atoms with van der Waals surface area (Å²) >= 11 is 0. The molecule has 11 heteroatoms. The Morgan fingerprint density at radius 1 is 1.17 bits per heavy atom. The molecule has 8 nitrogen and oxygen atoms in total. The van der Waals surface area contributed by atoms with Crippen LogP contribution in [0.1, 0.15) is 48.7 Å². The molecular formula is C25H25F3N6O2. The summed E-state index contributed by atoms with van der Waals surface area (Å²) in [6, 6.07) is 7.66. The Balaban J connectivity index is 1.32. The summed E-state index contributed by atoms with van der Waals surface area (Å²) < 4.78 is 45.7. The van der Waals surface area contributed by atoms with Gasteiger partial charge in [0.15, 0.2) is 11.4 Å². The highest BCUT2D eigenvalue weighted by molar-refractivity contribution is 6.06. The van der Waals surface area contributed by atoms with Crippen LogP contribution in [-0.4, -0.2) is 44.8 Å². The molecule has 0 aromatic carbocycles. The number of aromatic nitrogens is 4. The zero-order valence-electron chi connectivity index (χ0n) is 19.8. The van der Waals surface area contributed by atoms with Crippen molar-refractivity contribution in [3.63, 3.8) is 0 Å². The third-order valence-corrected chi connectivity index (χ3v) is 6.30. The Morgan fingerprint density at radius 2 is 1.94 bits per heavy atom. The molecule has 1 fully saturated rings. The minimum absolute atomic E-state index is 0.0564. The van der Waals surface area contributed by atoms with Gasteiger partial charge in [0.2, 0.25) is 0 Å². The molecule has 0 atom stereocenters. The van der Waals surface area contributed by atoms with E-state index in [1.165, 1.54) is 6.07 Å². The molecule has 1 aliphatic rings. The number of carbonyl (C=O) groups excluding carboxylic acids is 1. The van der Waals surface area contributed by atoms with E-state index in [9.17, 15) is 18.0 Å². The van der Waals surface area contributed by atoms with Crippen molar-refractivity contribution in [2.45, 2.75) is 44.9 Å². The van der Waals surface area contributed by atoms with E-state index >= 15 is 0 Å². The number of rotatable bonds is 5. The van der Waals surface area contributed by atoms with Crippen LogP contribution in [0, 0.1) is 0 Å². The topological polar surface area (TPSA) is 89.1 Å². The summed E-state index contributed by atoms with van der Waals surface area (Å²) in [6.07, 6.45) is 0.926. The Morgan fingerprint density at radius 3 is 2.56 bits per heavy atom. The maximum Gasteiger partial charge on any atom is 0.417 e. The van der Waals surface area contributed by atoms with Crippen LogP contribution in [-0.2, 0) is 6.18 Å². The number of fused-ring (bicyclic) bond motifs is 1. The van der Waals surface area contributed by atoms with E-state index in [1.54, 1.807) is 35.3 Å². The second-order valence-electron chi connectivity index (χ2n) is 9.09. The van der Waals surface area contributed by atoms with Crippen molar-refractivity contribution in [3.05, 3.63) is 60.1 Å². The maximum absolute atomic E-state index is 13.4. The van der Waals surface area contributed by atoms with E-state index < -0.39 is 11.7 Å². The van der Waals surface area contributed by atoms with Gasteiger partial charge in [-0.05, 0) is 57.0 Å². The number of alkyl halides is 3. The van der Waals surface area contributed by atoms with Crippen LogP contribution in [0.5, 0.6) is 0 Å². The number of hydrogen-bond acceptors (Lipinski definition) is 6. The third-order valence-electron chi connectivity index (χ3n) is 6.30. The maximum atomic E-state index is 13.4. The lowest BCUT2D eigenvalue weighted by molar-refractivity contribution is -0.137. The second kappa shape index (κ2) is 9.29. The first-order chi connectivity index (χ1) is 17.2. The lowest BCUT2D eigenvalue weighted by Crippen LogP contribution is -2.45. The van der Waals surface area contributed by atoms with Gasteiger partial charge in [-0.2, -0.15) is 18.3 Å². The number of piperidine rings is 1. The number of nitrogens with one attached hydrogen (secondary N) is 1. The van der Waals surface area contributed by atoms with Crippen LogP contribution in [0.3, 0.4) is 0 Å². The Kier molecular flexibility index (Phi) is 6.15. The first-order valence-electron chi connectivity index (χ1n) is 11.7. The SMILES string of the molecule is CC(C)n1ncc2c(C(=O)NC3CCN(c4ccc(C(F)(F)F)cn4)CC3)cc(-c3ccco3)nc21. The predicted molar refractivity (Wildman–Crippen MR) is 128 cm³/mol. The van der Waals surface area contributed by atoms with Crippen molar-refractivity contribution >= 4 is 22.8 Å². The van der Waals surface area contributed by atoms with Crippen LogP contribution in [0.2, 0.25) is 0 Å². The highest BCUT2D eigenvalue weighted by Gasteiger charge is 2.31. The van der Waals surface area contributed by atoms with Gasteiger partial charge in [0, 0.05) is 31.4 Å². The molecule has 0 spiro atoms. The van der Waals surface area contributed by atoms with Crippen molar-refractivity contribution in [2.24, 2.45) is 0 Å². The van der Waals surface area contributed by atoms with Gasteiger partial charge in [0.1, 0.15) is 11.5 Å². The van der Waals surface area contributed by atoms with E-state index in [0.29, 0.717) is 59.8 Å². The van der Waals surface area contributed by atoms with E-state index in [4.69, 9.17) is 9.40 Å². The number of pyridine rings is 2.